The van der Waals surface area contributed by atoms with Crippen LogP contribution >= 0.6 is 0 Å². The molecule has 0 aliphatic carbocycles. The first-order valence-electron chi connectivity index (χ1n) is 7.86. The molecule has 6 nitrogen and oxygen atoms in total. The SMILES string of the molecule is CCc1ccc(OC)c(C(=O)Nc2cc(OC)c(OC)c(OC)c2)c1. The smallest absolute Gasteiger partial charge is 0.259 e. The van der Waals surface area contributed by atoms with Crippen LogP contribution in [-0.2, 0) is 6.42 Å². The number of hydrogen-bond donors (Lipinski definition) is 1. The van der Waals surface area contributed by atoms with E-state index in [9.17, 15) is 4.79 Å². The van der Waals surface area contributed by atoms with Crippen molar-refractivity contribution in [3.8, 4) is 23.0 Å². The summed E-state index contributed by atoms with van der Waals surface area (Å²) in [4.78, 5) is 12.7. The summed E-state index contributed by atoms with van der Waals surface area (Å²) in [5, 5.41) is 2.85. The Morgan fingerprint density at radius 1 is 0.880 bits per heavy atom. The first-order valence-corrected chi connectivity index (χ1v) is 7.86. The van der Waals surface area contributed by atoms with Crippen LogP contribution in [0.3, 0.4) is 0 Å². The van der Waals surface area contributed by atoms with Gasteiger partial charge in [-0.3, -0.25) is 4.79 Å². The van der Waals surface area contributed by atoms with Gasteiger partial charge in [0.25, 0.3) is 5.91 Å². The molecule has 0 saturated heterocycles. The third-order valence-electron chi connectivity index (χ3n) is 3.84. The Balaban J connectivity index is 2.38. The fraction of sp³-hybridized carbons (Fsp3) is 0.316. The number of hydrogen-bond acceptors (Lipinski definition) is 5. The molecule has 0 spiro atoms. The monoisotopic (exact) mass is 345 g/mol. The predicted molar refractivity (Wildman–Crippen MR) is 96.4 cm³/mol. The van der Waals surface area contributed by atoms with Gasteiger partial charge in [-0.2, -0.15) is 0 Å². The Morgan fingerprint density at radius 2 is 1.48 bits per heavy atom. The molecule has 0 aromatic heterocycles. The maximum atomic E-state index is 12.7. The van der Waals surface area contributed by atoms with Crippen molar-refractivity contribution in [2.45, 2.75) is 13.3 Å². The van der Waals surface area contributed by atoms with Crippen LogP contribution in [0.25, 0.3) is 0 Å². The Hall–Kier alpha value is -2.89. The van der Waals surface area contributed by atoms with Gasteiger partial charge in [0.05, 0.1) is 34.0 Å². The zero-order chi connectivity index (χ0) is 18.4. The van der Waals surface area contributed by atoms with Gasteiger partial charge in [-0.15, -0.1) is 0 Å². The van der Waals surface area contributed by atoms with Crippen LogP contribution in [0.1, 0.15) is 22.8 Å². The lowest BCUT2D eigenvalue weighted by molar-refractivity contribution is 0.102. The minimum absolute atomic E-state index is 0.276. The molecule has 0 atom stereocenters. The van der Waals surface area contributed by atoms with E-state index in [1.54, 1.807) is 18.2 Å². The molecule has 2 aromatic carbocycles. The maximum absolute atomic E-state index is 12.7. The summed E-state index contributed by atoms with van der Waals surface area (Å²) in [6.45, 7) is 2.03. The molecule has 0 fully saturated rings. The fourth-order valence-electron chi connectivity index (χ4n) is 2.50. The first kappa shape index (κ1) is 18.4. The van der Waals surface area contributed by atoms with Gasteiger partial charge in [-0.25, -0.2) is 0 Å². The topological polar surface area (TPSA) is 66.0 Å². The molecule has 6 heteroatoms. The molecule has 0 heterocycles. The van der Waals surface area contributed by atoms with Gasteiger partial charge in [0.2, 0.25) is 5.75 Å². The zero-order valence-electron chi connectivity index (χ0n) is 15.1. The van der Waals surface area contributed by atoms with Gasteiger partial charge < -0.3 is 24.3 Å². The van der Waals surface area contributed by atoms with Gasteiger partial charge >= 0.3 is 0 Å². The van der Waals surface area contributed by atoms with Gasteiger partial charge in [-0.1, -0.05) is 13.0 Å². The quantitative estimate of drug-likeness (QED) is 0.831. The molecule has 0 unspecified atom stereocenters. The van der Waals surface area contributed by atoms with E-state index in [-0.39, 0.29) is 5.91 Å². The van der Waals surface area contributed by atoms with Crippen LogP contribution < -0.4 is 24.3 Å². The maximum Gasteiger partial charge on any atom is 0.259 e. The van der Waals surface area contributed by atoms with Gasteiger partial charge in [-0.05, 0) is 24.1 Å². The molecule has 0 aliphatic heterocycles. The predicted octanol–water partition coefficient (Wildman–Crippen LogP) is 3.54. The highest BCUT2D eigenvalue weighted by molar-refractivity contribution is 6.06. The molecule has 2 aromatic rings. The summed E-state index contributed by atoms with van der Waals surface area (Å²) in [6.07, 6.45) is 0.828. The molecular weight excluding hydrogens is 322 g/mol. The Kier molecular flexibility index (Phi) is 6.11. The average Bonchev–Trinajstić information content (AvgIpc) is 2.66. The van der Waals surface area contributed by atoms with Crippen LogP contribution in [0.2, 0.25) is 0 Å². The molecular formula is C19H23NO5. The molecule has 134 valence electrons. The number of carbonyl (C=O) groups excluding carboxylic acids is 1. The number of aryl methyl sites for hydroxylation is 1. The highest BCUT2D eigenvalue weighted by Gasteiger charge is 2.17. The van der Waals surface area contributed by atoms with E-state index < -0.39 is 0 Å². The number of carbonyl (C=O) groups is 1. The number of methoxy groups -OCH3 is 4. The number of benzene rings is 2. The van der Waals surface area contributed by atoms with Crippen LogP contribution in [0.5, 0.6) is 23.0 Å². The van der Waals surface area contributed by atoms with Crippen molar-refractivity contribution >= 4 is 11.6 Å². The summed E-state index contributed by atoms with van der Waals surface area (Å²) in [7, 11) is 6.12. The van der Waals surface area contributed by atoms with Gasteiger partial charge in [0.15, 0.2) is 11.5 Å². The second-order valence-corrected chi connectivity index (χ2v) is 5.26. The summed E-state index contributed by atoms with van der Waals surface area (Å²) in [6, 6.07) is 8.91. The lowest BCUT2D eigenvalue weighted by atomic mass is 10.1. The standard InChI is InChI=1S/C19H23NO5/c1-6-12-7-8-15(22-2)14(9-12)19(21)20-13-10-16(23-3)18(25-5)17(11-13)24-4/h7-11H,6H2,1-5H3,(H,20,21). The third kappa shape index (κ3) is 3.96. The first-order chi connectivity index (χ1) is 12.1. The zero-order valence-corrected chi connectivity index (χ0v) is 15.1. The van der Waals surface area contributed by atoms with Crippen LogP contribution in [-0.4, -0.2) is 34.3 Å². The van der Waals surface area contributed by atoms with Crippen molar-refractivity contribution in [3.63, 3.8) is 0 Å². The van der Waals surface area contributed by atoms with Crippen molar-refractivity contribution in [2.24, 2.45) is 0 Å². The Bertz CT molecular complexity index is 732. The average molecular weight is 345 g/mol. The molecule has 0 saturated carbocycles. The van der Waals surface area contributed by atoms with Crippen LogP contribution in [0.4, 0.5) is 5.69 Å². The number of anilines is 1. The lowest BCUT2D eigenvalue weighted by Crippen LogP contribution is -2.14. The van der Waals surface area contributed by atoms with E-state index in [2.05, 4.69) is 5.32 Å². The molecule has 1 N–H and O–H groups in total. The minimum Gasteiger partial charge on any atom is -0.496 e. The summed E-state index contributed by atoms with van der Waals surface area (Å²) < 4.78 is 21.2. The molecule has 25 heavy (non-hydrogen) atoms. The summed E-state index contributed by atoms with van der Waals surface area (Å²) >= 11 is 0. The van der Waals surface area contributed by atoms with Crippen molar-refractivity contribution in [2.75, 3.05) is 33.8 Å². The van der Waals surface area contributed by atoms with Gasteiger partial charge in [0.1, 0.15) is 5.75 Å². The van der Waals surface area contributed by atoms with Crippen molar-refractivity contribution in [1.29, 1.82) is 0 Å². The third-order valence-corrected chi connectivity index (χ3v) is 3.84. The second-order valence-electron chi connectivity index (χ2n) is 5.26. The largest absolute Gasteiger partial charge is 0.496 e. The van der Waals surface area contributed by atoms with E-state index >= 15 is 0 Å². The van der Waals surface area contributed by atoms with E-state index in [0.29, 0.717) is 34.2 Å². The van der Waals surface area contributed by atoms with Crippen molar-refractivity contribution < 1.29 is 23.7 Å². The van der Waals surface area contributed by atoms with E-state index in [1.165, 1.54) is 28.4 Å². The summed E-state index contributed by atoms with van der Waals surface area (Å²) in [5.41, 5.74) is 2.05. The van der Waals surface area contributed by atoms with E-state index in [1.807, 2.05) is 19.1 Å². The van der Waals surface area contributed by atoms with E-state index in [0.717, 1.165) is 12.0 Å². The van der Waals surface area contributed by atoms with Crippen LogP contribution in [0, 0.1) is 0 Å². The molecule has 0 radical (unpaired) electrons. The fourth-order valence-corrected chi connectivity index (χ4v) is 2.50. The highest BCUT2D eigenvalue weighted by Crippen LogP contribution is 2.40. The number of amides is 1. The molecule has 2 rings (SSSR count). The normalized spacial score (nSPS) is 10.1. The van der Waals surface area contributed by atoms with Crippen LogP contribution in [0.15, 0.2) is 30.3 Å². The Labute approximate surface area is 147 Å². The van der Waals surface area contributed by atoms with Crippen molar-refractivity contribution in [3.05, 3.63) is 41.5 Å². The minimum atomic E-state index is -0.276. The number of rotatable bonds is 7. The molecule has 0 bridgehead atoms. The van der Waals surface area contributed by atoms with Gasteiger partial charge in [0, 0.05) is 17.8 Å². The summed E-state index contributed by atoms with van der Waals surface area (Å²) in [5.74, 6) is 1.63. The second kappa shape index (κ2) is 8.28. The van der Waals surface area contributed by atoms with Crippen molar-refractivity contribution in [1.82, 2.24) is 0 Å². The highest BCUT2D eigenvalue weighted by atomic mass is 16.5. The van der Waals surface area contributed by atoms with E-state index in [4.69, 9.17) is 18.9 Å². The Morgan fingerprint density at radius 3 is 1.96 bits per heavy atom. The lowest BCUT2D eigenvalue weighted by Gasteiger charge is -2.15. The molecule has 1 amide bonds. The number of nitrogens with one attached hydrogen (secondary N) is 1. The number of ether oxygens (including phenoxy) is 4. The molecule has 0 aliphatic rings.